The number of nitrogens with zero attached hydrogens (tertiary/aromatic N) is 2. The fraction of sp³-hybridized carbons (Fsp3) is 0.619. The number of benzene rings is 1. The third-order valence-electron chi connectivity index (χ3n) is 5.91. The molecule has 1 aliphatic heterocycles. The van der Waals surface area contributed by atoms with Crippen LogP contribution in [0.1, 0.15) is 48.9 Å². The Morgan fingerprint density at radius 1 is 1.29 bits per heavy atom. The summed E-state index contributed by atoms with van der Waals surface area (Å²) in [6, 6.07) is 5.26. The van der Waals surface area contributed by atoms with Gasteiger partial charge in [0.15, 0.2) is 0 Å². The zero-order valence-electron chi connectivity index (χ0n) is 17.0. The third kappa shape index (κ3) is 4.24. The Morgan fingerprint density at radius 2 is 2.00 bits per heavy atom. The van der Waals surface area contributed by atoms with E-state index in [0.29, 0.717) is 17.9 Å². The third-order valence-corrected chi connectivity index (χ3v) is 5.91. The van der Waals surface area contributed by atoms with Crippen LogP contribution >= 0.6 is 0 Å². The van der Waals surface area contributed by atoms with E-state index >= 15 is 0 Å². The first-order valence-corrected chi connectivity index (χ1v) is 9.98. The van der Waals surface area contributed by atoms with E-state index in [9.17, 15) is 14.7 Å². The molecule has 1 saturated carbocycles. The Bertz CT molecular complexity index is 728. The number of anilines is 1. The second kappa shape index (κ2) is 8.39. The topological polar surface area (TPSA) is 82.1 Å². The van der Waals surface area contributed by atoms with E-state index in [4.69, 9.17) is 4.74 Å². The average molecular weight is 389 g/mol. The van der Waals surface area contributed by atoms with Gasteiger partial charge >= 0.3 is 0 Å². The van der Waals surface area contributed by atoms with Crippen molar-refractivity contribution in [3.8, 4) is 5.75 Å². The number of nitrogens with one attached hydrogen (secondary N) is 1. The van der Waals surface area contributed by atoms with Crippen molar-refractivity contribution in [3.05, 3.63) is 23.8 Å². The van der Waals surface area contributed by atoms with Crippen molar-refractivity contribution in [3.63, 3.8) is 0 Å². The second-order valence-electron chi connectivity index (χ2n) is 8.21. The van der Waals surface area contributed by atoms with Crippen LogP contribution in [0, 0.1) is 0 Å². The van der Waals surface area contributed by atoms with E-state index in [2.05, 4.69) is 5.32 Å². The average Bonchev–Trinajstić information content (AvgIpc) is 2.70. The Hall–Kier alpha value is -2.28. The first-order chi connectivity index (χ1) is 13.3. The minimum atomic E-state index is -0.480. The number of hydrogen-bond acceptors (Lipinski definition) is 5. The quantitative estimate of drug-likeness (QED) is 0.802. The molecule has 2 amide bonds. The number of aliphatic hydroxyl groups excluding tert-OH is 1. The maximum atomic E-state index is 12.7. The van der Waals surface area contributed by atoms with Gasteiger partial charge in [0.1, 0.15) is 12.4 Å². The monoisotopic (exact) mass is 389 g/mol. The molecule has 1 heterocycles. The highest BCUT2D eigenvalue weighted by Gasteiger charge is 2.34. The summed E-state index contributed by atoms with van der Waals surface area (Å²) in [5, 5.41) is 12.9. The molecule has 0 spiro atoms. The molecule has 1 fully saturated rings. The van der Waals surface area contributed by atoms with Crippen LogP contribution in [0.4, 0.5) is 5.69 Å². The number of carbonyl (C=O) groups excluding carboxylic acids is 2. The predicted octanol–water partition coefficient (Wildman–Crippen LogP) is 1.79. The van der Waals surface area contributed by atoms with Gasteiger partial charge in [0.05, 0.1) is 30.3 Å². The lowest BCUT2D eigenvalue weighted by Crippen LogP contribution is -2.54. The molecular weight excluding hydrogens is 358 g/mol. The number of fused-ring (bicyclic) bond motifs is 1. The maximum absolute atomic E-state index is 12.7. The van der Waals surface area contributed by atoms with Gasteiger partial charge in [-0.25, -0.2) is 0 Å². The molecule has 1 atom stereocenters. The number of carbonyl (C=O) groups is 2. The van der Waals surface area contributed by atoms with E-state index in [-0.39, 0.29) is 30.9 Å². The van der Waals surface area contributed by atoms with Gasteiger partial charge in [-0.1, -0.05) is 19.3 Å². The van der Waals surface area contributed by atoms with Crippen molar-refractivity contribution < 1.29 is 19.4 Å². The Balaban J connectivity index is 1.69. The normalized spacial score (nSPS) is 20.7. The molecule has 1 unspecified atom stereocenters. The second-order valence-corrected chi connectivity index (χ2v) is 8.21. The van der Waals surface area contributed by atoms with Crippen LogP contribution in [0.2, 0.25) is 0 Å². The van der Waals surface area contributed by atoms with Gasteiger partial charge in [-0.3, -0.25) is 9.59 Å². The Labute approximate surface area is 166 Å². The SMILES string of the molecule is CN(C)C(=O)c1ccc2c(c1)N(C)C(CC(=O)NC1(CO)CCCCC1)CO2. The standard InChI is InChI=1S/C21H31N3O4/c1-23(2)20(27)15-7-8-18-17(11-15)24(3)16(13-28-18)12-19(26)22-21(14-25)9-5-4-6-10-21/h7-8,11,16,25H,4-6,9-10,12-14H2,1-3H3,(H,22,26). The number of likely N-dealkylation sites (N-methyl/N-ethyl adjacent to an activating group) is 1. The molecule has 154 valence electrons. The first kappa shape index (κ1) is 20.5. The minimum absolute atomic E-state index is 0.0193. The number of aliphatic hydroxyl groups is 1. The van der Waals surface area contributed by atoms with E-state index in [1.807, 2.05) is 24.1 Å². The zero-order valence-corrected chi connectivity index (χ0v) is 17.0. The molecule has 2 N–H and O–H groups in total. The zero-order chi connectivity index (χ0) is 20.3. The highest BCUT2D eigenvalue weighted by atomic mass is 16.5. The molecule has 7 nitrogen and oxygen atoms in total. The smallest absolute Gasteiger partial charge is 0.253 e. The summed E-state index contributed by atoms with van der Waals surface area (Å²) in [6.45, 7) is 0.388. The molecule has 3 rings (SSSR count). The molecule has 28 heavy (non-hydrogen) atoms. The van der Waals surface area contributed by atoms with E-state index in [1.54, 1.807) is 20.2 Å². The van der Waals surface area contributed by atoms with Crippen molar-refractivity contribution in [2.45, 2.75) is 50.1 Å². The van der Waals surface area contributed by atoms with Crippen LogP contribution in [-0.2, 0) is 4.79 Å². The van der Waals surface area contributed by atoms with Gasteiger partial charge in [0, 0.05) is 26.7 Å². The lowest BCUT2D eigenvalue weighted by atomic mass is 9.82. The summed E-state index contributed by atoms with van der Waals surface area (Å²) < 4.78 is 5.85. The van der Waals surface area contributed by atoms with Crippen molar-refractivity contribution in [2.24, 2.45) is 0 Å². The van der Waals surface area contributed by atoms with Crippen LogP contribution < -0.4 is 15.0 Å². The molecule has 7 heteroatoms. The molecule has 0 radical (unpaired) electrons. The fourth-order valence-corrected chi connectivity index (χ4v) is 4.11. The predicted molar refractivity (Wildman–Crippen MR) is 108 cm³/mol. The van der Waals surface area contributed by atoms with Crippen molar-refractivity contribution >= 4 is 17.5 Å². The van der Waals surface area contributed by atoms with Crippen LogP contribution in [0.3, 0.4) is 0 Å². The van der Waals surface area contributed by atoms with Crippen LogP contribution in [0.25, 0.3) is 0 Å². The lowest BCUT2D eigenvalue weighted by molar-refractivity contribution is -0.124. The van der Waals surface area contributed by atoms with E-state index in [1.165, 1.54) is 4.90 Å². The van der Waals surface area contributed by atoms with Crippen molar-refractivity contribution in [1.82, 2.24) is 10.2 Å². The molecule has 1 aromatic carbocycles. The molecule has 1 aliphatic carbocycles. The van der Waals surface area contributed by atoms with Gasteiger partial charge in [0.2, 0.25) is 5.91 Å². The number of rotatable bonds is 5. The molecule has 2 aliphatic rings. The molecule has 0 saturated heterocycles. The Morgan fingerprint density at radius 3 is 2.64 bits per heavy atom. The summed E-state index contributed by atoms with van der Waals surface area (Å²) in [5.74, 6) is 0.576. The van der Waals surface area contributed by atoms with Gasteiger partial charge in [-0.15, -0.1) is 0 Å². The lowest BCUT2D eigenvalue weighted by Gasteiger charge is -2.39. The summed E-state index contributed by atoms with van der Waals surface area (Å²) >= 11 is 0. The van der Waals surface area contributed by atoms with Crippen LogP contribution in [-0.4, -0.2) is 67.8 Å². The number of ether oxygens (including phenoxy) is 1. The van der Waals surface area contributed by atoms with Crippen molar-refractivity contribution in [1.29, 1.82) is 0 Å². The highest BCUT2D eigenvalue weighted by Crippen LogP contribution is 2.35. The van der Waals surface area contributed by atoms with Crippen molar-refractivity contribution in [2.75, 3.05) is 39.3 Å². The van der Waals surface area contributed by atoms with Crippen LogP contribution in [0.15, 0.2) is 18.2 Å². The molecule has 0 aromatic heterocycles. The van der Waals surface area contributed by atoms with Gasteiger partial charge in [-0.2, -0.15) is 0 Å². The van der Waals surface area contributed by atoms with E-state index < -0.39 is 5.54 Å². The van der Waals surface area contributed by atoms with Crippen LogP contribution in [0.5, 0.6) is 5.75 Å². The van der Waals surface area contributed by atoms with Gasteiger partial charge in [-0.05, 0) is 31.0 Å². The minimum Gasteiger partial charge on any atom is -0.489 e. The largest absolute Gasteiger partial charge is 0.489 e. The first-order valence-electron chi connectivity index (χ1n) is 9.98. The summed E-state index contributed by atoms with van der Waals surface area (Å²) in [6.07, 6.45) is 5.15. The molecule has 0 bridgehead atoms. The van der Waals surface area contributed by atoms with Gasteiger partial charge in [0.25, 0.3) is 5.91 Å². The number of hydrogen-bond donors (Lipinski definition) is 2. The maximum Gasteiger partial charge on any atom is 0.253 e. The number of amides is 2. The summed E-state index contributed by atoms with van der Waals surface area (Å²) in [7, 11) is 5.36. The summed E-state index contributed by atoms with van der Waals surface area (Å²) in [4.78, 5) is 28.5. The van der Waals surface area contributed by atoms with E-state index in [0.717, 1.165) is 37.8 Å². The van der Waals surface area contributed by atoms with Gasteiger partial charge < -0.3 is 25.0 Å². The summed E-state index contributed by atoms with van der Waals surface area (Å²) in [5.41, 5.74) is 0.920. The molecule has 1 aromatic rings. The Kier molecular flexibility index (Phi) is 6.13. The molecular formula is C21H31N3O4. The fourth-order valence-electron chi connectivity index (χ4n) is 4.11. The highest BCUT2D eigenvalue weighted by molar-refractivity contribution is 5.95.